The van der Waals surface area contributed by atoms with E-state index in [0.29, 0.717) is 6.04 Å². The standard InChI is InChI=1S/C21H27NS/c1-15-7-16(2)10-19(9-15)13-21(22-5-6-23-14-22)20-11-17(3)8-18(4)12-20/h7-12,21H,5-6,13-14H2,1-4H3. The van der Waals surface area contributed by atoms with Crippen molar-refractivity contribution in [3.63, 3.8) is 0 Å². The van der Waals surface area contributed by atoms with E-state index in [2.05, 4.69) is 80.8 Å². The molecule has 0 aromatic heterocycles. The molecule has 1 aliphatic heterocycles. The molecule has 1 heterocycles. The molecule has 2 aromatic rings. The van der Waals surface area contributed by atoms with Crippen molar-refractivity contribution in [2.45, 2.75) is 40.2 Å². The van der Waals surface area contributed by atoms with Gasteiger partial charge < -0.3 is 0 Å². The van der Waals surface area contributed by atoms with Crippen molar-refractivity contribution in [3.8, 4) is 0 Å². The van der Waals surface area contributed by atoms with Crippen LogP contribution in [0, 0.1) is 27.7 Å². The van der Waals surface area contributed by atoms with Crippen molar-refractivity contribution in [3.05, 3.63) is 69.8 Å². The Bertz CT molecular complexity index is 646. The Morgan fingerprint density at radius 2 is 1.43 bits per heavy atom. The first-order valence-corrected chi connectivity index (χ1v) is 9.64. The Kier molecular flexibility index (Phi) is 5.13. The summed E-state index contributed by atoms with van der Waals surface area (Å²) >= 11 is 2.06. The third-order valence-corrected chi connectivity index (χ3v) is 5.55. The lowest BCUT2D eigenvalue weighted by Crippen LogP contribution is -2.27. The molecule has 1 fully saturated rings. The lowest BCUT2D eigenvalue weighted by molar-refractivity contribution is 0.257. The van der Waals surface area contributed by atoms with Crippen LogP contribution in [0.15, 0.2) is 36.4 Å². The number of hydrogen-bond donors (Lipinski definition) is 0. The maximum Gasteiger partial charge on any atom is 0.0451 e. The minimum Gasteiger partial charge on any atom is -0.286 e. The van der Waals surface area contributed by atoms with Crippen LogP contribution in [0.1, 0.15) is 39.4 Å². The van der Waals surface area contributed by atoms with E-state index in [4.69, 9.17) is 0 Å². The maximum absolute atomic E-state index is 2.65. The highest BCUT2D eigenvalue weighted by Crippen LogP contribution is 2.31. The van der Waals surface area contributed by atoms with Crippen LogP contribution in [-0.2, 0) is 6.42 Å². The largest absolute Gasteiger partial charge is 0.286 e. The van der Waals surface area contributed by atoms with Crippen LogP contribution in [0.4, 0.5) is 0 Å². The molecule has 1 aliphatic rings. The normalized spacial score (nSPS) is 16.7. The third-order valence-electron chi connectivity index (χ3n) is 4.56. The van der Waals surface area contributed by atoms with Gasteiger partial charge in [-0.1, -0.05) is 58.7 Å². The molecule has 1 nitrogen and oxygen atoms in total. The predicted octanol–water partition coefficient (Wildman–Crippen LogP) is 5.21. The van der Waals surface area contributed by atoms with Gasteiger partial charge in [0.05, 0.1) is 0 Å². The SMILES string of the molecule is Cc1cc(C)cc(CC(c2cc(C)cc(C)c2)N2CCSC2)c1. The van der Waals surface area contributed by atoms with Gasteiger partial charge in [0.1, 0.15) is 0 Å². The Morgan fingerprint density at radius 1 is 0.870 bits per heavy atom. The fourth-order valence-corrected chi connectivity index (χ4v) is 4.78. The summed E-state index contributed by atoms with van der Waals surface area (Å²) in [6.45, 7) is 10.0. The number of rotatable bonds is 4. The van der Waals surface area contributed by atoms with Crippen LogP contribution < -0.4 is 0 Å². The summed E-state index contributed by atoms with van der Waals surface area (Å²) in [6.07, 6.45) is 1.10. The van der Waals surface area contributed by atoms with Crippen molar-refractivity contribution in [2.24, 2.45) is 0 Å². The van der Waals surface area contributed by atoms with E-state index < -0.39 is 0 Å². The van der Waals surface area contributed by atoms with Crippen LogP contribution in [0.25, 0.3) is 0 Å². The zero-order valence-electron chi connectivity index (χ0n) is 14.7. The number of thioether (sulfide) groups is 1. The van der Waals surface area contributed by atoms with Crippen molar-refractivity contribution >= 4 is 11.8 Å². The zero-order valence-corrected chi connectivity index (χ0v) is 15.5. The fraction of sp³-hybridized carbons (Fsp3) is 0.429. The van der Waals surface area contributed by atoms with Crippen molar-refractivity contribution in [1.82, 2.24) is 4.90 Å². The molecule has 1 saturated heterocycles. The average Bonchev–Trinajstić information content (AvgIpc) is 2.96. The van der Waals surface area contributed by atoms with Gasteiger partial charge in [0.2, 0.25) is 0 Å². The molecule has 0 spiro atoms. The Labute approximate surface area is 145 Å². The minimum absolute atomic E-state index is 0.491. The third kappa shape index (κ3) is 4.19. The molecule has 1 atom stereocenters. The van der Waals surface area contributed by atoms with Crippen molar-refractivity contribution < 1.29 is 0 Å². The highest BCUT2D eigenvalue weighted by Gasteiger charge is 2.24. The summed E-state index contributed by atoms with van der Waals surface area (Å²) in [5.74, 6) is 2.41. The molecule has 0 amide bonds. The summed E-state index contributed by atoms with van der Waals surface area (Å²) in [5, 5.41) is 0. The molecule has 1 unspecified atom stereocenters. The summed E-state index contributed by atoms with van der Waals surface area (Å²) in [7, 11) is 0. The van der Waals surface area contributed by atoms with E-state index in [1.165, 1.54) is 45.7 Å². The molecule has 3 rings (SSSR count). The number of aryl methyl sites for hydroxylation is 4. The van der Waals surface area contributed by atoms with Gasteiger partial charge in [0, 0.05) is 24.2 Å². The fourth-order valence-electron chi connectivity index (χ4n) is 3.74. The average molecular weight is 326 g/mol. The van der Waals surface area contributed by atoms with E-state index in [9.17, 15) is 0 Å². The monoisotopic (exact) mass is 325 g/mol. The Morgan fingerprint density at radius 3 is 1.96 bits per heavy atom. The van der Waals surface area contributed by atoms with Gasteiger partial charge >= 0.3 is 0 Å². The topological polar surface area (TPSA) is 3.24 Å². The molecular formula is C21H27NS. The van der Waals surface area contributed by atoms with Gasteiger partial charge in [-0.25, -0.2) is 0 Å². The summed E-state index contributed by atoms with van der Waals surface area (Å²) in [5.41, 5.74) is 8.42. The van der Waals surface area contributed by atoms with Crippen molar-refractivity contribution in [2.75, 3.05) is 18.2 Å². The van der Waals surface area contributed by atoms with Crippen LogP contribution in [-0.4, -0.2) is 23.1 Å². The number of hydrogen-bond acceptors (Lipinski definition) is 2. The molecule has 23 heavy (non-hydrogen) atoms. The van der Waals surface area contributed by atoms with Gasteiger partial charge in [0.15, 0.2) is 0 Å². The second kappa shape index (κ2) is 7.11. The molecular weight excluding hydrogens is 298 g/mol. The first kappa shape index (κ1) is 16.6. The number of benzene rings is 2. The maximum atomic E-state index is 2.65. The van der Waals surface area contributed by atoms with Gasteiger partial charge in [-0.05, 0) is 45.2 Å². The van der Waals surface area contributed by atoms with E-state index >= 15 is 0 Å². The van der Waals surface area contributed by atoms with E-state index in [-0.39, 0.29) is 0 Å². The first-order valence-electron chi connectivity index (χ1n) is 8.48. The van der Waals surface area contributed by atoms with Crippen LogP contribution >= 0.6 is 11.8 Å². The lowest BCUT2D eigenvalue weighted by atomic mass is 9.93. The van der Waals surface area contributed by atoms with Gasteiger partial charge in [-0.2, -0.15) is 0 Å². The van der Waals surface area contributed by atoms with E-state index in [0.717, 1.165) is 12.3 Å². The van der Waals surface area contributed by atoms with E-state index in [1.54, 1.807) is 0 Å². The predicted molar refractivity (Wildman–Crippen MR) is 102 cm³/mol. The Balaban J connectivity index is 1.94. The van der Waals surface area contributed by atoms with Crippen LogP contribution in [0.3, 0.4) is 0 Å². The minimum atomic E-state index is 0.491. The van der Waals surface area contributed by atoms with Crippen molar-refractivity contribution in [1.29, 1.82) is 0 Å². The molecule has 0 bridgehead atoms. The highest BCUT2D eigenvalue weighted by molar-refractivity contribution is 7.99. The van der Waals surface area contributed by atoms with E-state index in [1.807, 2.05) is 0 Å². The van der Waals surface area contributed by atoms with Crippen LogP contribution in [0.5, 0.6) is 0 Å². The second-order valence-corrected chi connectivity index (χ2v) is 8.06. The summed E-state index contributed by atoms with van der Waals surface area (Å²) in [4.78, 5) is 2.65. The quantitative estimate of drug-likeness (QED) is 0.759. The smallest absolute Gasteiger partial charge is 0.0451 e. The molecule has 0 aliphatic carbocycles. The molecule has 2 heteroatoms. The number of nitrogens with zero attached hydrogens (tertiary/aromatic N) is 1. The summed E-state index contributed by atoms with van der Waals surface area (Å²) < 4.78 is 0. The molecule has 0 saturated carbocycles. The molecule has 2 aromatic carbocycles. The molecule has 0 radical (unpaired) electrons. The van der Waals surface area contributed by atoms with Gasteiger partial charge in [0.25, 0.3) is 0 Å². The molecule has 0 N–H and O–H groups in total. The zero-order chi connectivity index (χ0) is 16.4. The van der Waals surface area contributed by atoms with Gasteiger partial charge in [-0.3, -0.25) is 4.90 Å². The first-order chi connectivity index (χ1) is 11.0. The van der Waals surface area contributed by atoms with Crippen LogP contribution in [0.2, 0.25) is 0 Å². The second-order valence-electron chi connectivity index (χ2n) is 6.99. The Hall–Kier alpha value is -1.25. The highest BCUT2D eigenvalue weighted by atomic mass is 32.2. The van der Waals surface area contributed by atoms with Gasteiger partial charge in [-0.15, -0.1) is 11.8 Å². The summed E-state index contributed by atoms with van der Waals surface area (Å²) in [6, 6.07) is 14.5. The lowest BCUT2D eigenvalue weighted by Gasteiger charge is -2.28. The molecule has 122 valence electrons.